The molecule has 2 heterocycles. The summed E-state index contributed by atoms with van der Waals surface area (Å²) in [5.41, 5.74) is 7.74. The van der Waals surface area contributed by atoms with Gasteiger partial charge < -0.3 is 15.5 Å². The molecule has 2 saturated heterocycles. The first-order valence-electron chi connectivity index (χ1n) is 8.53. The van der Waals surface area contributed by atoms with Crippen molar-refractivity contribution in [3.05, 3.63) is 24.3 Å². The Morgan fingerprint density at radius 1 is 1.21 bits per heavy atom. The van der Waals surface area contributed by atoms with Crippen LogP contribution in [0.4, 0.5) is 16.2 Å². The number of benzene rings is 1. The molecule has 130 valence electrons. The molecule has 0 bridgehead atoms. The second-order valence-corrected chi connectivity index (χ2v) is 6.54. The quantitative estimate of drug-likeness (QED) is 0.677. The van der Waals surface area contributed by atoms with Crippen LogP contribution in [0.1, 0.15) is 33.1 Å². The van der Waals surface area contributed by atoms with E-state index in [-0.39, 0.29) is 30.1 Å². The van der Waals surface area contributed by atoms with E-state index < -0.39 is 0 Å². The Morgan fingerprint density at radius 2 is 1.96 bits per heavy atom. The maximum Gasteiger partial charge on any atom is 0.319 e. The maximum absolute atomic E-state index is 12.3. The molecule has 3 amide bonds. The lowest BCUT2D eigenvalue weighted by Gasteiger charge is -2.27. The van der Waals surface area contributed by atoms with E-state index in [1.807, 2.05) is 38.1 Å². The number of rotatable bonds is 3. The highest BCUT2D eigenvalue weighted by molar-refractivity contribution is 5.95. The smallest absolute Gasteiger partial charge is 0.319 e. The van der Waals surface area contributed by atoms with Crippen LogP contribution in [-0.2, 0) is 4.79 Å². The number of hydrazine groups is 1. The lowest BCUT2D eigenvalue weighted by Crippen LogP contribution is -2.48. The molecule has 1 aromatic rings. The molecule has 2 aliphatic heterocycles. The van der Waals surface area contributed by atoms with Crippen molar-refractivity contribution in [2.45, 2.75) is 51.2 Å². The van der Waals surface area contributed by atoms with Gasteiger partial charge in [0.25, 0.3) is 0 Å². The summed E-state index contributed by atoms with van der Waals surface area (Å²) in [5.74, 6) is 0.147. The maximum atomic E-state index is 12.3. The van der Waals surface area contributed by atoms with E-state index in [2.05, 4.69) is 21.5 Å². The van der Waals surface area contributed by atoms with E-state index in [4.69, 9.17) is 0 Å². The van der Waals surface area contributed by atoms with Gasteiger partial charge in [-0.05, 0) is 44.9 Å². The van der Waals surface area contributed by atoms with E-state index in [1.165, 1.54) is 0 Å². The molecular formula is C17H25N5O2. The van der Waals surface area contributed by atoms with Gasteiger partial charge in [0.2, 0.25) is 5.91 Å². The fraction of sp³-hybridized carbons (Fsp3) is 0.529. The molecule has 7 heteroatoms. The van der Waals surface area contributed by atoms with Crippen LogP contribution in [0.3, 0.4) is 0 Å². The molecule has 1 aromatic carbocycles. The van der Waals surface area contributed by atoms with Crippen LogP contribution in [-0.4, -0.2) is 36.6 Å². The summed E-state index contributed by atoms with van der Waals surface area (Å²) in [4.78, 5) is 26.1. The summed E-state index contributed by atoms with van der Waals surface area (Å²) < 4.78 is 0. The zero-order chi connectivity index (χ0) is 17.1. The van der Waals surface area contributed by atoms with Crippen molar-refractivity contribution in [3.63, 3.8) is 0 Å². The number of hydrogen-bond acceptors (Lipinski definition) is 4. The van der Waals surface area contributed by atoms with Gasteiger partial charge in [-0.3, -0.25) is 15.6 Å². The van der Waals surface area contributed by atoms with Crippen molar-refractivity contribution in [2.75, 3.05) is 16.8 Å². The Hall–Kier alpha value is -2.12. The number of carbonyl (C=O) groups excluding carboxylic acids is 2. The Balaban J connectivity index is 1.64. The molecule has 0 spiro atoms. The molecule has 2 atom stereocenters. The molecule has 3 rings (SSSR count). The number of hydrogen-bond donors (Lipinski definition) is 4. The normalized spacial score (nSPS) is 27.2. The van der Waals surface area contributed by atoms with Crippen LogP contribution in [0, 0.1) is 0 Å². The van der Waals surface area contributed by atoms with Gasteiger partial charge in [0.15, 0.2) is 0 Å². The van der Waals surface area contributed by atoms with Crippen LogP contribution in [0.5, 0.6) is 0 Å². The number of anilines is 2. The first-order chi connectivity index (χ1) is 11.5. The molecule has 2 aliphatic rings. The minimum Gasteiger partial charge on any atom is -0.332 e. The average molecular weight is 331 g/mol. The molecule has 2 unspecified atom stereocenters. The Labute approximate surface area is 142 Å². The number of nitrogens with one attached hydrogen (secondary N) is 4. The summed E-state index contributed by atoms with van der Waals surface area (Å²) in [5, 5.41) is 5.84. The average Bonchev–Trinajstić information content (AvgIpc) is 2.87. The molecule has 4 N–H and O–H groups in total. The number of urea groups is 1. The van der Waals surface area contributed by atoms with Crippen molar-refractivity contribution < 1.29 is 9.59 Å². The minimum absolute atomic E-state index is 0.0110. The van der Waals surface area contributed by atoms with Gasteiger partial charge in [0.05, 0.1) is 6.04 Å². The third-order valence-electron chi connectivity index (χ3n) is 4.65. The lowest BCUT2D eigenvalue weighted by atomic mass is 10.1. The van der Waals surface area contributed by atoms with E-state index in [9.17, 15) is 9.59 Å². The van der Waals surface area contributed by atoms with Crippen molar-refractivity contribution in [2.24, 2.45) is 0 Å². The van der Waals surface area contributed by atoms with Crippen molar-refractivity contribution in [1.29, 1.82) is 0 Å². The van der Waals surface area contributed by atoms with Crippen molar-refractivity contribution in [1.82, 2.24) is 16.2 Å². The SMILES string of the molecule is CC1NNC(C)C1NC(=O)Nc1cccc(N2CCCCC2=O)c1. The third kappa shape index (κ3) is 3.68. The summed E-state index contributed by atoms with van der Waals surface area (Å²) in [6.45, 7) is 4.77. The van der Waals surface area contributed by atoms with Crippen LogP contribution in [0.25, 0.3) is 0 Å². The molecule has 0 aliphatic carbocycles. The minimum atomic E-state index is -0.244. The van der Waals surface area contributed by atoms with Gasteiger partial charge >= 0.3 is 6.03 Å². The second-order valence-electron chi connectivity index (χ2n) is 6.54. The van der Waals surface area contributed by atoms with E-state index >= 15 is 0 Å². The summed E-state index contributed by atoms with van der Waals surface area (Å²) >= 11 is 0. The van der Waals surface area contributed by atoms with Gasteiger partial charge in [-0.2, -0.15) is 0 Å². The number of nitrogens with zero attached hydrogens (tertiary/aromatic N) is 1. The van der Waals surface area contributed by atoms with Crippen molar-refractivity contribution >= 4 is 23.3 Å². The highest BCUT2D eigenvalue weighted by Crippen LogP contribution is 2.23. The molecule has 0 aromatic heterocycles. The summed E-state index contributed by atoms with van der Waals surface area (Å²) in [7, 11) is 0. The van der Waals surface area contributed by atoms with Crippen molar-refractivity contribution in [3.8, 4) is 0 Å². The Bertz CT molecular complexity index is 611. The molecule has 2 fully saturated rings. The monoisotopic (exact) mass is 331 g/mol. The Kier molecular flexibility index (Phi) is 5.01. The van der Waals surface area contributed by atoms with E-state index in [0.29, 0.717) is 12.1 Å². The van der Waals surface area contributed by atoms with E-state index in [1.54, 1.807) is 4.90 Å². The fourth-order valence-corrected chi connectivity index (χ4v) is 3.27. The van der Waals surface area contributed by atoms with Gasteiger partial charge in [-0.25, -0.2) is 4.79 Å². The summed E-state index contributed by atoms with van der Waals surface area (Å²) in [6.07, 6.45) is 2.56. The summed E-state index contributed by atoms with van der Waals surface area (Å²) in [6, 6.07) is 7.52. The first kappa shape index (κ1) is 16.7. The van der Waals surface area contributed by atoms with Crippen LogP contribution < -0.4 is 26.4 Å². The van der Waals surface area contributed by atoms with Gasteiger partial charge in [0, 0.05) is 36.4 Å². The highest BCUT2D eigenvalue weighted by Gasteiger charge is 2.31. The molecule has 0 radical (unpaired) electrons. The van der Waals surface area contributed by atoms with Gasteiger partial charge in [0.1, 0.15) is 0 Å². The lowest BCUT2D eigenvalue weighted by molar-refractivity contribution is -0.119. The Morgan fingerprint density at radius 3 is 2.67 bits per heavy atom. The number of piperidine rings is 1. The molecule has 24 heavy (non-hydrogen) atoms. The standard InChI is InChI=1S/C17H25N5O2/c1-11-16(12(2)21-20-11)19-17(24)18-13-6-5-7-14(10-13)22-9-4-3-8-15(22)23/h5-7,10-12,16,20-21H,3-4,8-9H2,1-2H3,(H2,18,19,24). The predicted octanol–water partition coefficient (Wildman–Crippen LogP) is 1.58. The fourth-order valence-electron chi connectivity index (χ4n) is 3.27. The zero-order valence-corrected chi connectivity index (χ0v) is 14.1. The number of carbonyl (C=O) groups is 2. The topological polar surface area (TPSA) is 85.5 Å². The van der Waals surface area contributed by atoms with Gasteiger partial charge in [-0.15, -0.1) is 0 Å². The van der Waals surface area contributed by atoms with Crippen LogP contribution in [0.15, 0.2) is 24.3 Å². The molecule has 0 saturated carbocycles. The van der Waals surface area contributed by atoms with Crippen LogP contribution >= 0.6 is 0 Å². The molecule has 7 nitrogen and oxygen atoms in total. The predicted molar refractivity (Wildman–Crippen MR) is 93.8 cm³/mol. The molecular weight excluding hydrogens is 306 g/mol. The van der Waals surface area contributed by atoms with Gasteiger partial charge in [-0.1, -0.05) is 6.07 Å². The highest BCUT2D eigenvalue weighted by atomic mass is 16.2. The first-order valence-corrected chi connectivity index (χ1v) is 8.53. The zero-order valence-electron chi connectivity index (χ0n) is 14.1. The largest absolute Gasteiger partial charge is 0.332 e. The van der Waals surface area contributed by atoms with Crippen LogP contribution in [0.2, 0.25) is 0 Å². The number of amides is 3. The van der Waals surface area contributed by atoms with E-state index in [0.717, 1.165) is 25.1 Å². The third-order valence-corrected chi connectivity index (χ3v) is 4.65. The second kappa shape index (κ2) is 7.19.